The zero-order valence-corrected chi connectivity index (χ0v) is 14.4. The van der Waals surface area contributed by atoms with Crippen LogP contribution in [-0.2, 0) is 4.79 Å². The highest BCUT2D eigenvalue weighted by Gasteiger charge is 2.06. The molecule has 0 unspecified atom stereocenters. The van der Waals surface area contributed by atoms with Gasteiger partial charge in [-0.2, -0.15) is 0 Å². The maximum Gasteiger partial charge on any atom is 0.336 e. The maximum atomic E-state index is 11.8. The van der Waals surface area contributed by atoms with Crippen molar-refractivity contribution in [3.63, 3.8) is 0 Å². The molecule has 1 aromatic carbocycles. The van der Waals surface area contributed by atoms with E-state index in [4.69, 9.17) is 14.2 Å². The van der Waals surface area contributed by atoms with Crippen molar-refractivity contribution in [2.24, 2.45) is 0 Å². The van der Waals surface area contributed by atoms with Crippen molar-refractivity contribution in [2.45, 2.75) is 6.92 Å². The molecule has 0 saturated carbocycles. The van der Waals surface area contributed by atoms with Crippen molar-refractivity contribution in [1.29, 1.82) is 0 Å². The summed E-state index contributed by atoms with van der Waals surface area (Å²) in [5.41, 5.74) is 0.799. The summed E-state index contributed by atoms with van der Waals surface area (Å²) in [6, 6.07) is 8.76. The summed E-state index contributed by atoms with van der Waals surface area (Å²) in [5, 5.41) is 0. The van der Waals surface area contributed by atoms with Crippen molar-refractivity contribution in [3.05, 3.63) is 52.8 Å². The molecule has 0 radical (unpaired) electrons. The van der Waals surface area contributed by atoms with Crippen molar-refractivity contribution in [3.8, 4) is 17.2 Å². The molecule has 2 rings (SSSR count). The molecule has 1 heterocycles. The van der Waals surface area contributed by atoms with Crippen LogP contribution in [0.3, 0.4) is 0 Å². The number of halogens is 1. The molecule has 0 fully saturated rings. The third kappa shape index (κ3) is 4.82. The molecule has 6 heteroatoms. The number of pyridine rings is 1. The number of nitrogens with zero attached hydrogens (tertiary/aromatic N) is 1. The zero-order chi connectivity index (χ0) is 16.7. The van der Waals surface area contributed by atoms with E-state index in [1.165, 1.54) is 6.08 Å². The standard InChI is InChI=1S/C17H16BrNO4/c1-3-22-13-8-6-12(11-15(13)21-2)7-9-16(20)23-14-5-4-10-19-17(14)18/h4-11H,3H2,1-2H3/b9-7+. The number of esters is 1. The second kappa shape index (κ2) is 8.33. The molecule has 0 N–H and O–H groups in total. The van der Waals surface area contributed by atoms with Crippen LogP contribution in [0.1, 0.15) is 12.5 Å². The first-order valence-electron chi connectivity index (χ1n) is 6.95. The molecule has 0 aliphatic carbocycles. The second-order valence-corrected chi connectivity index (χ2v) is 5.14. The fraction of sp³-hybridized carbons (Fsp3) is 0.176. The Bertz CT molecular complexity index is 715. The van der Waals surface area contributed by atoms with Gasteiger partial charge < -0.3 is 14.2 Å². The molecule has 23 heavy (non-hydrogen) atoms. The van der Waals surface area contributed by atoms with Crippen molar-refractivity contribution >= 4 is 28.0 Å². The van der Waals surface area contributed by atoms with Crippen LogP contribution in [0.4, 0.5) is 0 Å². The van der Waals surface area contributed by atoms with E-state index in [0.717, 1.165) is 5.56 Å². The van der Waals surface area contributed by atoms with Crippen LogP contribution in [0.25, 0.3) is 6.08 Å². The summed E-state index contributed by atoms with van der Waals surface area (Å²) in [7, 11) is 1.57. The van der Waals surface area contributed by atoms with Crippen molar-refractivity contribution in [2.75, 3.05) is 13.7 Å². The van der Waals surface area contributed by atoms with Crippen LogP contribution in [0.15, 0.2) is 47.2 Å². The summed E-state index contributed by atoms with van der Waals surface area (Å²) in [5.74, 6) is 1.14. The van der Waals surface area contributed by atoms with Crippen LogP contribution >= 0.6 is 15.9 Å². The summed E-state index contributed by atoms with van der Waals surface area (Å²) >= 11 is 3.22. The Morgan fingerprint density at radius 2 is 2.09 bits per heavy atom. The zero-order valence-electron chi connectivity index (χ0n) is 12.8. The quantitative estimate of drug-likeness (QED) is 0.434. The van der Waals surface area contributed by atoms with Gasteiger partial charge >= 0.3 is 5.97 Å². The van der Waals surface area contributed by atoms with Crippen LogP contribution in [0.2, 0.25) is 0 Å². The fourth-order valence-electron chi connectivity index (χ4n) is 1.82. The minimum absolute atomic E-state index is 0.367. The van der Waals surface area contributed by atoms with Crippen LogP contribution in [-0.4, -0.2) is 24.7 Å². The lowest BCUT2D eigenvalue weighted by atomic mass is 10.2. The number of carbonyl (C=O) groups is 1. The molecule has 0 spiro atoms. The highest BCUT2D eigenvalue weighted by atomic mass is 79.9. The molecule has 0 aliphatic heterocycles. The smallest absolute Gasteiger partial charge is 0.336 e. The Balaban J connectivity index is 2.07. The van der Waals surface area contributed by atoms with E-state index in [-0.39, 0.29) is 0 Å². The predicted octanol–water partition coefficient (Wildman–Crippen LogP) is 3.87. The average Bonchev–Trinajstić information content (AvgIpc) is 2.56. The normalized spacial score (nSPS) is 10.6. The topological polar surface area (TPSA) is 57.7 Å². The number of hydrogen-bond acceptors (Lipinski definition) is 5. The predicted molar refractivity (Wildman–Crippen MR) is 90.8 cm³/mol. The van der Waals surface area contributed by atoms with Gasteiger partial charge in [-0.05, 0) is 58.8 Å². The molecule has 0 saturated heterocycles. The van der Waals surface area contributed by atoms with E-state index < -0.39 is 5.97 Å². The van der Waals surface area contributed by atoms with Gasteiger partial charge in [-0.3, -0.25) is 0 Å². The molecule has 120 valence electrons. The number of ether oxygens (including phenoxy) is 3. The third-order valence-electron chi connectivity index (χ3n) is 2.83. The second-order valence-electron chi connectivity index (χ2n) is 4.39. The lowest BCUT2D eigenvalue weighted by Crippen LogP contribution is -2.04. The lowest BCUT2D eigenvalue weighted by Gasteiger charge is -2.09. The van der Waals surface area contributed by atoms with Gasteiger partial charge in [0, 0.05) is 12.3 Å². The van der Waals surface area contributed by atoms with Gasteiger partial charge in [-0.15, -0.1) is 0 Å². The van der Waals surface area contributed by atoms with E-state index in [0.29, 0.717) is 28.5 Å². The molecule has 2 aromatic rings. The molecular formula is C17H16BrNO4. The number of carbonyl (C=O) groups excluding carboxylic acids is 1. The lowest BCUT2D eigenvalue weighted by molar-refractivity contribution is -0.128. The molecule has 0 amide bonds. The van der Waals surface area contributed by atoms with E-state index in [1.54, 1.807) is 43.6 Å². The first-order valence-corrected chi connectivity index (χ1v) is 7.74. The monoisotopic (exact) mass is 377 g/mol. The number of aromatic nitrogens is 1. The molecule has 0 aliphatic rings. The highest BCUT2D eigenvalue weighted by Crippen LogP contribution is 2.28. The largest absolute Gasteiger partial charge is 0.493 e. The number of rotatable bonds is 6. The molecular weight excluding hydrogens is 362 g/mol. The van der Waals surface area contributed by atoms with Crippen LogP contribution < -0.4 is 14.2 Å². The summed E-state index contributed by atoms with van der Waals surface area (Å²) < 4.78 is 16.4. The highest BCUT2D eigenvalue weighted by molar-refractivity contribution is 9.10. The van der Waals surface area contributed by atoms with Crippen LogP contribution in [0.5, 0.6) is 17.2 Å². The van der Waals surface area contributed by atoms with E-state index in [9.17, 15) is 4.79 Å². The fourth-order valence-corrected chi connectivity index (χ4v) is 2.15. The minimum Gasteiger partial charge on any atom is -0.493 e. The van der Waals surface area contributed by atoms with Gasteiger partial charge in [0.05, 0.1) is 13.7 Å². The Kier molecular flexibility index (Phi) is 6.17. The SMILES string of the molecule is CCOc1ccc(/C=C/C(=O)Oc2cccnc2Br)cc1OC. The molecule has 0 bridgehead atoms. The first kappa shape index (κ1) is 17.0. The first-order chi connectivity index (χ1) is 11.1. The number of methoxy groups -OCH3 is 1. The Hall–Kier alpha value is -2.34. The Morgan fingerprint density at radius 1 is 1.26 bits per heavy atom. The molecule has 0 atom stereocenters. The van der Waals surface area contributed by atoms with Gasteiger partial charge in [0.25, 0.3) is 0 Å². The van der Waals surface area contributed by atoms with E-state index in [1.807, 2.05) is 13.0 Å². The van der Waals surface area contributed by atoms with Gasteiger partial charge in [-0.1, -0.05) is 6.07 Å². The summed E-state index contributed by atoms with van der Waals surface area (Å²) in [6.45, 7) is 2.46. The molecule has 1 aromatic heterocycles. The van der Waals surface area contributed by atoms with Gasteiger partial charge in [-0.25, -0.2) is 9.78 Å². The molecule has 5 nitrogen and oxygen atoms in total. The van der Waals surface area contributed by atoms with Gasteiger partial charge in [0.2, 0.25) is 0 Å². The minimum atomic E-state index is -0.494. The number of benzene rings is 1. The van der Waals surface area contributed by atoms with Gasteiger partial charge in [0.1, 0.15) is 4.60 Å². The summed E-state index contributed by atoms with van der Waals surface area (Å²) in [4.78, 5) is 15.8. The van der Waals surface area contributed by atoms with Gasteiger partial charge in [0.15, 0.2) is 17.2 Å². The third-order valence-corrected chi connectivity index (χ3v) is 3.43. The van der Waals surface area contributed by atoms with Crippen LogP contribution in [0, 0.1) is 0 Å². The van der Waals surface area contributed by atoms with E-state index in [2.05, 4.69) is 20.9 Å². The van der Waals surface area contributed by atoms with Crippen molar-refractivity contribution in [1.82, 2.24) is 4.98 Å². The van der Waals surface area contributed by atoms with Crippen molar-refractivity contribution < 1.29 is 19.0 Å². The Labute approximate surface area is 143 Å². The van der Waals surface area contributed by atoms with E-state index >= 15 is 0 Å². The summed E-state index contributed by atoms with van der Waals surface area (Å²) in [6.07, 6.45) is 4.59. The average molecular weight is 378 g/mol. The number of hydrogen-bond donors (Lipinski definition) is 0. The maximum absolute atomic E-state index is 11.8. The Morgan fingerprint density at radius 3 is 2.78 bits per heavy atom.